The number of benzene rings is 1. The van der Waals surface area contributed by atoms with Crippen LogP contribution in [0.1, 0.15) is 18.9 Å². The van der Waals surface area contributed by atoms with Crippen molar-refractivity contribution in [1.82, 2.24) is 4.72 Å². The molecule has 0 aliphatic heterocycles. The Kier molecular flexibility index (Phi) is 6.05. The quantitative estimate of drug-likeness (QED) is 0.563. The van der Waals surface area contributed by atoms with E-state index in [0.717, 1.165) is 0 Å². The standard InChI is InChI=1S/C12H16N2O4S2/c1-2-18-11(15)7-8-14-20(16,17)10-6-4-3-5-9(10)12(13)19/h3-6,14H,2,7-8H2,1H3,(H2,13,19). The molecule has 0 saturated carbocycles. The zero-order chi connectivity index (χ0) is 15.2. The summed E-state index contributed by atoms with van der Waals surface area (Å²) in [4.78, 5) is 11.1. The smallest absolute Gasteiger partial charge is 0.307 e. The SMILES string of the molecule is CCOC(=O)CCNS(=O)(=O)c1ccccc1C(N)=S. The van der Waals surface area contributed by atoms with Crippen molar-refractivity contribution in [2.75, 3.05) is 13.2 Å². The second kappa shape index (κ2) is 7.32. The van der Waals surface area contributed by atoms with Crippen molar-refractivity contribution >= 4 is 33.2 Å². The van der Waals surface area contributed by atoms with Crippen LogP contribution in [-0.2, 0) is 19.6 Å². The summed E-state index contributed by atoms with van der Waals surface area (Å²) in [6.07, 6.45) is -0.0394. The van der Waals surface area contributed by atoms with Crippen LogP contribution in [0, 0.1) is 0 Å². The minimum atomic E-state index is -3.77. The number of carbonyl (C=O) groups is 1. The molecule has 20 heavy (non-hydrogen) atoms. The van der Waals surface area contributed by atoms with E-state index >= 15 is 0 Å². The monoisotopic (exact) mass is 316 g/mol. The van der Waals surface area contributed by atoms with Crippen LogP contribution >= 0.6 is 12.2 Å². The molecule has 110 valence electrons. The second-order valence-corrected chi connectivity index (χ2v) is 5.99. The summed E-state index contributed by atoms with van der Waals surface area (Å²) in [6.45, 7) is 1.89. The summed E-state index contributed by atoms with van der Waals surface area (Å²) in [5, 5.41) is 0. The summed E-state index contributed by atoms with van der Waals surface area (Å²) in [5.41, 5.74) is 5.76. The van der Waals surface area contributed by atoms with Gasteiger partial charge in [0, 0.05) is 12.1 Å². The predicted molar refractivity (Wildman–Crippen MR) is 78.8 cm³/mol. The Morgan fingerprint density at radius 3 is 2.65 bits per heavy atom. The van der Waals surface area contributed by atoms with Crippen molar-refractivity contribution in [3.05, 3.63) is 29.8 Å². The van der Waals surface area contributed by atoms with Crippen molar-refractivity contribution in [2.24, 2.45) is 5.73 Å². The maximum Gasteiger partial charge on any atom is 0.307 e. The van der Waals surface area contributed by atoms with Gasteiger partial charge >= 0.3 is 5.97 Å². The van der Waals surface area contributed by atoms with Gasteiger partial charge in [-0.05, 0) is 13.0 Å². The van der Waals surface area contributed by atoms with Crippen LogP contribution in [0.25, 0.3) is 0 Å². The third kappa shape index (κ3) is 4.55. The molecule has 8 heteroatoms. The van der Waals surface area contributed by atoms with E-state index in [0.29, 0.717) is 0 Å². The fourth-order valence-electron chi connectivity index (χ4n) is 1.50. The maximum atomic E-state index is 12.1. The molecule has 0 amide bonds. The van der Waals surface area contributed by atoms with Gasteiger partial charge in [-0.15, -0.1) is 0 Å². The lowest BCUT2D eigenvalue weighted by Crippen LogP contribution is -2.28. The number of carbonyl (C=O) groups excluding carboxylic acids is 1. The van der Waals surface area contributed by atoms with E-state index in [1.807, 2.05) is 0 Å². The number of esters is 1. The van der Waals surface area contributed by atoms with Gasteiger partial charge in [-0.1, -0.05) is 30.4 Å². The van der Waals surface area contributed by atoms with E-state index in [1.54, 1.807) is 19.1 Å². The first-order valence-corrected chi connectivity index (χ1v) is 7.81. The first-order valence-electron chi connectivity index (χ1n) is 5.92. The van der Waals surface area contributed by atoms with Gasteiger partial charge in [-0.25, -0.2) is 13.1 Å². The molecule has 3 N–H and O–H groups in total. The van der Waals surface area contributed by atoms with Gasteiger partial charge in [0.2, 0.25) is 10.0 Å². The molecule has 0 aliphatic rings. The third-order valence-electron chi connectivity index (χ3n) is 2.37. The zero-order valence-electron chi connectivity index (χ0n) is 11.0. The molecule has 0 spiro atoms. The normalized spacial score (nSPS) is 11.1. The molecule has 1 rings (SSSR count). The van der Waals surface area contributed by atoms with Crippen LogP contribution in [0.4, 0.5) is 0 Å². The number of sulfonamides is 1. The second-order valence-electron chi connectivity index (χ2n) is 3.81. The maximum absolute atomic E-state index is 12.1. The summed E-state index contributed by atoms with van der Waals surface area (Å²) >= 11 is 4.82. The first kappa shape index (κ1) is 16.5. The highest BCUT2D eigenvalue weighted by molar-refractivity contribution is 7.89. The lowest BCUT2D eigenvalue weighted by Gasteiger charge is -2.10. The van der Waals surface area contributed by atoms with Gasteiger partial charge in [-0.2, -0.15) is 0 Å². The molecule has 1 aromatic rings. The number of hydrogen-bond acceptors (Lipinski definition) is 5. The molecule has 0 heterocycles. The molecular formula is C12H16N2O4S2. The van der Waals surface area contributed by atoms with E-state index in [9.17, 15) is 13.2 Å². The fraction of sp³-hybridized carbons (Fsp3) is 0.333. The van der Waals surface area contributed by atoms with E-state index in [2.05, 4.69) is 4.72 Å². The molecule has 0 aromatic heterocycles. The molecule has 0 atom stereocenters. The van der Waals surface area contributed by atoms with Gasteiger partial charge < -0.3 is 10.5 Å². The van der Waals surface area contributed by atoms with Gasteiger partial charge in [0.15, 0.2) is 0 Å². The highest BCUT2D eigenvalue weighted by Crippen LogP contribution is 2.15. The number of nitrogens with two attached hydrogens (primary N) is 1. The molecule has 0 bridgehead atoms. The minimum Gasteiger partial charge on any atom is -0.466 e. The van der Waals surface area contributed by atoms with Gasteiger partial charge in [-0.3, -0.25) is 4.79 Å². The number of thiocarbonyl (C=S) groups is 1. The van der Waals surface area contributed by atoms with Gasteiger partial charge in [0.25, 0.3) is 0 Å². The van der Waals surface area contributed by atoms with Crippen molar-refractivity contribution in [3.8, 4) is 0 Å². The van der Waals surface area contributed by atoms with Crippen molar-refractivity contribution in [1.29, 1.82) is 0 Å². The van der Waals surface area contributed by atoms with Gasteiger partial charge in [0.05, 0.1) is 17.9 Å². The predicted octanol–water partition coefficient (Wildman–Crippen LogP) is 0.552. The molecule has 0 aliphatic carbocycles. The number of nitrogens with one attached hydrogen (secondary N) is 1. The van der Waals surface area contributed by atoms with E-state index < -0.39 is 16.0 Å². The van der Waals surface area contributed by atoms with Gasteiger partial charge in [0.1, 0.15) is 4.99 Å². The summed E-state index contributed by atoms with van der Waals surface area (Å²) < 4.78 is 31.3. The lowest BCUT2D eigenvalue weighted by atomic mass is 10.2. The van der Waals surface area contributed by atoms with Crippen molar-refractivity contribution in [3.63, 3.8) is 0 Å². The third-order valence-corrected chi connectivity index (χ3v) is 4.11. The highest BCUT2D eigenvalue weighted by atomic mass is 32.2. The Labute approximate surface area is 123 Å². The minimum absolute atomic E-state index is 0.00336. The molecule has 0 radical (unpaired) electrons. The number of hydrogen-bond donors (Lipinski definition) is 2. The molecule has 1 aromatic carbocycles. The molecule has 6 nitrogen and oxygen atoms in total. The fourth-order valence-corrected chi connectivity index (χ4v) is 3.00. The van der Waals surface area contributed by atoms with E-state index in [4.69, 9.17) is 22.7 Å². The average Bonchev–Trinajstić information content (AvgIpc) is 2.38. The van der Waals surface area contributed by atoms with Crippen LogP contribution in [0.2, 0.25) is 0 Å². The Morgan fingerprint density at radius 2 is 2.05 bits per heavy atom. The molecule has 0 saturated heterocycles. The largest absolute Gasteiger partial charge is 0.466 e. The average molecular weight is 316 g/mol. The van der Waals surface area contributed by atoms with Crippen LogP contribution in [0.5, 0.6) is 0 Å². The molecule has 0 unspecified atom stereocenters. The Hall–Kier alpha value is -1.51. The topological polar surface area (TPSA) is 98.5 Å². The summed E-state index contributed by atoms with van der Waals surface area (Å²) in [7, 11) is -3.77. The Bertz CT molecular complexity index is 599. The van der Waals surface area contributed by atoms with E-state index in [-0.39, 0.29) is 35.0 Å². The van der Waals surface area contributed by atoms with Crippen molar-refractivity contribution in [2.45, 2.75) is 18.2 Å². The summed E-state index contributed by atoms with van der Waals surface area (Å²) in [6, 6.07) is 6.15. The Balaban J connectivity index is 2.80. The zero-order valence-corrected chi connectivity index (χ0v) is 12.6. The molecule has 0 fully saturated rings. The van der Waals surface area contributed by atoms with E-state index in [1.165, 1.54) is 12.1 Å². The summed E-state index contributed by atoms with van der Waals surface area (Å²) in [5.74, 6) is -0.460. The molecular weight excluding hydrogens is 300 g/mol. The van der Waals surface area contributed by atoms with Crippen LogP contribution in [0.15, 0.2) is 29.2 Å². The first-order chi connectivity index (χ1) is 9.38. The van der Waals surface area contributed by atoms with Crippen LogP contribution in [0.3, 0.4) is 0 Å². The lowest BCUT2D eigenvalue weighted by molar-refractivity contribution is -0.142. The van der Waals surface area contributed by atoms with Crippen molar-refractivity contribution < 1.29 is 17.9 Å². The number of ether oxygens (including phenoxy) is 1. The Morgan fingerprint density at radius 1 is 1.40 bits per heavy atom. The van der Waals surface area contributed by atoms with Crippen LogP contribution < -0.4 is 10.5 Å². The number of rotatable bonds is 7. The van der Waals surface area contributed by atoms with Crippen LogP contribution in [-0.4, -0.2) is 32.5 Å². The highest BCUT2D eigenvalue weighted by Gasteiger charge is 2.19.